The van der Waals surface area contributed by atoms with Crippen LogP contribution in [-0.2, 0) is 5.60 Å². The van der Waals surface area contributed by atoms with Crippen molar-refractivity contribution in [3.05, 3.63) is 107 Å². The molecule has 160 valence electrons. The van der Waals surface area contributed by atoms with E-state index in [9.17, 15) is 19.8 Å². The Morgan fingerprint density at radius 2 is 1.35 bits per heavy atom. The minimum Gasteiger partial charge on any atom is -0.385 e. The van der Waals surface area contributed by atoms with E-state index in [4.69, 9.17) is 0 Å². The standard InChI is InChI=1S/C14H12O2.C13H16O2/c15-13(11-7-3-1-4-8-11)14(16)12-9-5-2-6-10-12;14-10-11-4-6-12(7-5-11)13(15)8-2-1-3-9-13/h1-10,13,15H;4-7,10,15H,1-3,8-9H2. The summed E-state index contributed by atoms with van der Waals surface area (Å²) in [5.41, 5.74) is 2.11. The van der Waals surface area contributed by atoms with Crippen molar-refractivity contribution in [2.24, 2.45) is 0 Å². The van der Waals surface area contributed by atoms with Gasteiger partial charge >= 0.3 is 0 Å². The maximum Gasteiger partial charge on any atom is 0.195 e. The van der Waals surface area contributed by atoms with Crippen LogP contribution in [0, 0.1) is 0 Å². The summed E-state index contributed by atoms with van der Waals surface area (Å²) in [4.78, 5) is 22.4. The third kappa shape index (κ3) is 5.97. The average Bonchev–Trinajstić information content (AvgIpc) is 2.85. The lowest BCUT2D eigenvalue weighted by Crippen LogP contribution is -2.28. The maximum atomic E-state index is 11.9. The molecular formula is C27H28O4. The lowest BCUT2D eigenvalue weighted by molar-refractivity contribution is -0.000643. The molecule has 4 rings (SSSR count). The van der Waals surface area contributed by atoms with Crippen LogP contribution in [0.3, 0.4) is 0 Å². The Hall–Kier alpha value is -3.08. The number of hydrogen-bond donors (Lipinski definition) is 2. The van der Waals surface area contributed by atoms with Crippen LogP contribution in [0.2, 0.25) is 0 Å². The van der Waals surface area contributed by atoms with E-state index in [1.165, 1.54) is 6.42 Å². The number of aliphatic hydroxyl groups is 2. The second kappa shape index (κ2) is 10.8. The molecule has 0 heterocycles. The van der Waals surface area contributed by atoms with Gasteiger partial charge in [-0.1, -0.05) is 104 Å². The zero-order chi connectivity index (χ0) is 22.1. The van der Waals surface area contributed by atoms with Gasteiger partial charge in [-0.2, -0.15) is 0 Å². The van der Waals surface area contributed by atoms with Crippen LogP contribution < -0.4 is 0 Å². The maximum absolute atomic E-state index is 11.9. The highest BCUT2D eigenvalue weighted by molar-refractivity contribution is 5.99. The topological polar surface area (TPSA) is 74.6 Å². The number of hydrogen-bond acceptors (Lipinski definition) is 4. The van der Waals surface area contributed by atoms with Crippen LogP contribution in [0.1, 0.15) is 70.1 Å². The van der Waals surface area contributed by atoms with E-state index in [0.29, 0.717) is 16.7 Å². The van der Waals surface area contributed by atoms with Gasteiger partial charge in [0, 0.05) is 11.1 Å². The molecule has 1 unspecified atom stereocenters. The molecule has 1 atom stereocenters. The monoisotopic (exact) mass is 416 g/mol. The lowest BCUT2D eigenvalue weighted by atomic mass is 9.79. The van der Waals surface area contributed by atoms with E-state index in [1.807, 2.05) is 24.3 Å². The van der Waals surface area contributed by atoms with Crippen molar-refractivity contribution in [2.75, 3.05) is 0 Å². The average molecular weight is 417 g/mol. The number of Topliss-reactive ketones (excluding diaryl/α,β-unsaturated/α-hetero) is 1. The summed E-state index contributed by atoms with van der Waals surface area (Å²) in [7, 11) is 0. The lowest BCUT2D eigenvalue weighted by Gasteiger charge is -2.32. The van der Waals surface area contributed by atoms with E-state index in [2.05, 4.69) is 0 Å². The molecule has 1 fully saturated rings. The van der Waals surface area contributed by atoms with Gasteiger partial charge in [-0.3, -0.25) is 9.59 Å². The number of carbonyl (C=O) groups is 2. The second-order valence-corrected chi connectivity index (χ2v) is 7.88. The van der Waals surface area contributed by atoms with Crippen LogP contribution in [0.15, 0.2) is 84.9 Å². The molecule has 1 aliphatic carbocycles. The highest BCUT2D eigenvalue weighted by Crippen LogP contribution is 2.36. The van der Waals surface area contributed by atoms with Crippen molar-refractivity contribution in [3.63, 3.8) is 0 Å². The first-order valence-electron chi connectivity index (χ1n) is 10.6. The van der Waals surface area contributed by atoms with Crippen LogP contribution in [0.5, 0.6) is 0 Å². The Balaban J connectivity index is 0.000000176. The third-order valence-electron chi connectivity index (χ3n) is 5.69. The van der Waals surface area contributed by atoms with Gasteiger partial charge in [0.15, 0.2) is 5.78 Å². The molecule has 0 aromatic heterocycles. The Bertz CT molecular complexity index is 959. The van der Waals surface area contributed by atoms with Crippen LogP contribution in [-0.4, -0.2) is 22.3 Å². The zero-order valence-corrected chi connectivity index (χ0v) is 17.5. The van der Waals surface area contributed by atoms with E-state index >= 15 is 0 Å². The molecule has 3 aromatic carbocycles. The van der Waals surface area contributed by atoms with Crippen molar-refractivity contribution in [1.29, 1.82) is 0 Å². The minimum atomic E-state index is -1.08. The zero-order valence-electron chi connectivity index (χ0n) is 17.5. The molecule has 0 spiro atoms. The Morgan fingerprint density at radius 3 is 1.90 bits per heavy atom. The van der Waals surface area contributed by atoms with Crippen molar-refractivity contribution in [2.45, 2.75) is 43.8 Å². The number of aliphatic hydroxyl groups excluding tert-OH is 1. The fraction of sp³-hybridized carbons (Fsp3) is 0.259. The molecule has 0 bridgehead atoms. The van der Waals surface area contributed by atoms with Crippen LogP contribution >= 0.6 is 0 Å². The summed E-state index contributed by atoms with van der Waals surface area (Å²) in [6, 6.07) is 25.0. The molecule has 0 saturated heterocycles. The Labute approximate surface area is 183 Å². The second-order valence-electron chi connectivity index (χ2n) is 7.88. The van der Waals surface area contributed by atoms with Gasteiger partial charge in [0.1, 0.15) is 12.4 Å². The SMILES string of the molecule is O=C(c1ccccc1)C(O)c1ccccc1.O=Cc1ccc(C2(O)CCCCC2)cc1. The normalized spacial score (nSPS) is 15.8. The van der Waals surface area contributed by atoms with Gasteiger partial charge in [-0.25, -0.2) is 0 Å². The summed E-state index contributed by atoms with van der Waals surface area (Å²) in [5, 5.41) is 20.3. The summed E-state index contributed by atoms with van der Waals surface area (Å²) in [6.45, 7) is 0. The van der Waals surface area contributed by atoms with Gasteiger partial charge in [0.2, 0.25) is 0 Å². The molecule has 3 aromatic rings. The van der Waals surface area contributed by atoms with E-state index in [0.717, 1.165) is 37.5 Å². The first-order valence-corrected chi connectivity index (χ1v) is 10.6. The van der Waals surface area contributed by atoms with E-state index in [1.54, 1.807) is 60.7 Å². The molecule has 0 amide bonds. The largest absolute Gasteiger partial charge is 0.385 e. The highest BCUT2D eigenvalue weighted by Gasteiger charge is 2.30. The molecule has 1 saturated carbocycles. The molecule has 1 aliphatic rings. The van der Waals surface area contributed by atoms with Gasteiger partial charge in [0.05, 0.1) is 5.60 Å². The van der Waals surface area contributed by atoms with E-state index in [-0.39, 0.29) is 5.78 Å². The molecule has 2 N–H and O–H groups in total. The van der Waals surface area contributed by atoms with Gasteiger partial charge < -0.3 is 10.2 Å². The molecule has 0 aliphatic heterocycles. The predicted molar refractivity (Wildman–Crippen MR) is 121 cm³/mol. The smallest absolute Gasteiger partial charge is 0.195 e. The van der Waals surface area contributed by atoms with Crippen LogP contribution in [0.25, 0.3) is 0 Å². The predicted octanol–water partition coefficient (Wildman–Crippen LogP) is 5.25. The molecule has 31 heavy (non-hydrogen) atoms. The number of ketones is 1. The summed E-state index contributed by atoms with van der Waals surface area (Å²) >= 11 is 0. The fourth-order valence-corrected chi connectivity index (χ4v) is 3.84. The van der Waals surface area contributed by atoms with Crippen LogP contribution in [0.4, 0.5) is 0 Å². The van der Waals surface area contributed by atoms with Gasteiger partial charge in [0.25, 0.3) is 0 Å². The summed E-state index contributed by atoms with van der Waals surface area (Å²) in [5.74, 6) is -0.271. The van der Waals surface area contributed by atoms with Gasteiger partial charge in [-0.15, -0.1) is 0 Å². The highest BCUT2D eigenvalue weighted by atomic mass is 16.3. The third-order valence-corrected chi connectivity index (χ3v) is 5.69. The number of benzene rings is 3. The number of carbonyl (C=O) groups excluding carboxylic acids is 2. The summed E-state index contributed by atoms with van der Waals surface area (Å²) in [6.07, 6.45) is 4.82. The number of aldehydes is 1. The van der Waals surface area contributed by atoms with Crippen molar-refractivity contribution >= 4 is 12.1 Å². The minimum absolute atomic E-state index is 0.271. The van der Waals surface area contributed by atoms with Crippen molar-refractivity contribution < 1.29 is 19.8 Å². The first kappa shape index (κ1) is 22.6. The van der Waals surface area contributed by atoms with Crippen molar-refractivity contribution in [1.82, 2.24) is 0 Å². The first-order chi connectivity index (χ1) is 15.0. The van der Waals surface area contributed by atoms with Crippen molar-refractivity contribution in [3.8, 4) is 0 Å². The Morgan fingerprint density at radius 1 is 0.806 bits per heavy atom. The summed E-state index contributed by atoms with van der Waals surface area (Å²) < 4.78 is 0. The molecule has 4 heteroatoms. The fourth-order valence-electron chi connectivity index (χ4n) is 3.84. The van der Waals surface area contributed by atoms with E-state index < -0.39 is 11.7 Å². The quantitative estimate of drug-likeness (QED) is 0.440. The molecule has 0 radical (unpaired) electrons. The van der Waals surface area contributed by atoms with Gasteiger partial charge in [-0.05, 0) is 24.0 Å². The number of rotatable bonds is 5. The molecule has 4 nitrogen and oxygen atoms in total. The molecular weight excluding hydrogens is 388 g/mol. The Kier molecular flexibility index (Phi) is 7.88.